The number of nitrogens with one attached hydrogen (secondary N) is 1. The van der Waals surface area contributed by atoms with E-state index in [1.165, 1.54) is 5.56 Å². The largest absolute Gasteiger partial charge is 0.330 e. The van der Waals surface area contributed by atoms with Crippen LogP contribution in [0.4, 0.5) is 10.5 Å². The second-order valence-electron chi connectivity index (χ2n) is 7.80. The van der Waals surface area contributed by atoms with Crippen LogP contribution < -0.4 is 10.2 Å². The number of hydrogen-bond donors (Lipinski definition) is 1. The molecule has 1 saturated carbocycles. The minimum absolute atomic E-state index is 0.00798. The molecular formula is C20H24ClN5O. The third-order valence-electron chi connectivity index (χ3n) is 6.20. The lowest BCUT2D eigenvalue weighted by atomic mass is 9.69. The van der Waals surface area contributed by atoms with Gasteiger partial charge in [-0.2, -0.15) is 0 Å². The Kier molecular flexibility index (Phi) is 4.56. The van der Waals surface area contributed by atoms with Crippen LogP contribution in [0.1, 0.15) is 31.2 Å². The van der Waals surface area contributed by atoms with Crippen LogP contribution in [0.3, 0.4) is 0 Å². The molecule has 2 amide bonds. The van der Waals surface area contributed by atoms with Crippen LogP contribution in [0.5, 0.6) is 0 Å². The quantitative estimate of drug-likeness (QED) is 0.822. The minimum atomic E-state index is -0.203. The van der Waals surface area contributed by atoms with Crippen molar-refractivity contribution in [3.05, 3.63) is 53.6 Å². The molecule has 1 aliphatic carbocycles. The number of benzene rings is 1. The van der Waals surface area contributed by atoms with Crippen molar-refractivity contribution in [1.82, 2.24) is 20.2 Å². The Balaban J connectivity index is 1.54. The number of amides is 2. The number of rotatable bonds is 3. The van der Waals surface area contributed by atoms with E-state index in [2.05, 4.69) is 64.6 Å². The zero-order valence-electron chi connectivity index (χ0n) is 15.7. The molecule has 6 nitrogen and oxygen atoms in total. The molecule has 2 fully saturated rings. The van der Waals surface area contributed by atoms with Crippen LogP contribution in [-0.2, 0) is 5.54 Å². The fourth-order valence-corrected chi connectivity index (χ4v) is 4.63. The average Bonchev–Trinajstić information content (AvgIpc) is 3.00. The summed E-state index contributed by atoms with van der Waals surface area (Å²) in [6, 6.07) is 10.6. The highest BCUT2D eigenvalue weighted by molar-refractivity contribution is 6.28. The highest BCUT2D eigenvalue weighted by atomic mass is 35.5. The van der Waals surface area contributed by atoms with Crippen molar-refractivity contribution in [3.8, 4) is 0 Å². The monoisotopic (exact) mass is 385 g/mol. The molecule has 142 valence electrons. The van der Waals surface area contributed by atoms with Gasteiger partial charge in [-0.15, -0.1) is 0 Å². The summed E-state index contributed by atoms with van der Waals surface area (Å²) in [5, 5.41) is 3.43. The van der Waals surface area contributed by atoms with Crippen molar-refractivity contribution in [2.45, 2.75) is 36.8 Å². The summed E-state index contributed by atoms with van der Waals surface area (Å²) in [7, 11) is 4.30. The third kappa shape index (κ3) is 3.17. The summed E-state index contributed by atoms with van der Waals surface area (Å²) in [6.07, 6.45) is 7.05. The molecule has 27 heavy (non-hydrogen) atoms. The van der Waals surface area contributed by atoms with Crippen molar-refractivity contribution >= 4 is 23.3 Å². The molecule has 0 unspecified atom stereocenters. The number of urea groups is 1. The van der Waals surface area contributed by atoms with Crippen LogP contribution in [0, 0.1) is 0 Å². The lowest BCUT2D eigenvalue weighted by Gasteiger charge is -2.48. The fourth-order valence-electron chi connectivity index (χ4n) is 4.53. The van der Waals surface area contributed by atoms with E-state index in [1.54, 1.807) is 17.3 Å². The summed E-state index contributed by atoms with van der Waals surface area (Å²) in [5.74, 6) is 0. The van der Waals surface area contributed by atoms with Crippen molar-refractivity contribution in [3.63, 3.8) is 0 Å². The molecule has 1 N–H and O–H groups in total. The summed E-state index contributed by atoms with van der Waals surface area (Å²) >= 11 is 5.77. The Morgan fingerprint density at radius 2 is 1.70 bits per heavy atom. The van der Waals surface area contributed by atoms with Gasteiger partial charge in [0.1, 0.15) is 0 Å². The summed E-state index contributed by atoms with van der Waals surface area (Å²) in [6.45, 7) is 0.634. The van der Waals surface area contributed by atoms with Crippen LogP contribution >= 0.6 is 11.6 Å². The Morgan fingerprint density at radius 3 is 2.30 bits per heavy atom. The number of anilines is 1. The van der Waals surface area contributed by atoms with Crippen LogP contribution in [0.25, 0.3) is 0 Å². The molecule has 2 heterocycles. The van der Waals surface area contributed by atoms with E-state index in [-0.39, 0.29) is 22.4 Å². The second kappa shape index (κ2) is 6.77. The molecule has 2 aromatic rings. The zero-order valence-corrected chi connectivity index (χ0v) is 16.4. The maximum absolute atomic E-state index is 12.6. The minimum Gasteiger partial charge on any atom is -0.330 e. The standard InChI is InChI=1S/C20H24ClN5O/c1-25(2)20(15-6-4-3-5-7-15)10-8-19(9-11-20)14-26(18(27)24-19)16-12-22-17(21)23-13-16/h3-7,12-13H,8-11,14H2,1-2H3,(H,24,27). The SMILES string of the molecule is CN(C)C1(c2ccccc2)CCC2(CC1)CN(c1cnc(Cl)nc1)C(=O)N2. The van der Waals surface area contributed by atoms with Gasteiger partial charge in [0.25, 0.3) is 0 Å². The van der Waals surface area contributed by atoms with E-state index < -0.39 is 0 Å². The Morgan fingerprint density at radius 1 is 1.07 bits per heavy atom. The average molecular weight is 386 g/mol. The Hall–Kier alpha value is -2.18. The lowest BCUT2D eigenvalue weighted by Crippen LogP contribution is -2.54. The first kappa shape index (κ1) is 18.2. The van der Waals surface area contributed by atoms with E-state index in [1.807, 2.05) is 0 Å². The number of hydrogen-bond acceptors (Lipinski definition) is 4. The van der Waals surface area contributed by atoms with Gasteiger partial charge in [0.2, 0.25) is 5.28 Å². The molecular weight excluding hydrogens is 362 g/mol. The van der Waals surface area contributed by atoms with E-state index in [0.29, 0.717) is 12.2 Å². The van der Waals surface area contributed by atoms with Gasteiger partial charge < -0.3 is 5.32 Å². The first-order valence-electron chi connectivity index (χ1n) is 9.24. The van der Waals surface area contributed by atoms with E-state index in [0.717, 1.165) is 25.7 Å². The summed E-state index contributed by atoms with van der Waals surface area (Å²) < 4.78 is 0. The molecule has 7 heteroatoms. The van der Waals surface area contributed by atoms with Gasteiger partial charge >= 0.3 is 6.03 Å². The Bertz CT molecular complexity index is 816. The van der Waals surface area contributed by atoms with E-state index in [4.69, 9.17) is 11.6 Å². The lowest BCUT2D eigenvalue weighted by molar-refractivity contribution is 0.0658. The molecule has 2 aliphatic rings. The number of carbonyl (C=O) groups excluding carboxylic acids is 1. The molecule has 1 saturated heterocycles. The number of carbonyl (C=O) groups is 1. The van der Waals surface area contributed by atoms with Gasteiger partial charge in [-0.1, -0.05) is 30.3 Å². The van der Waals surface area contributed by atoms with Gasteiger partial charge in [0.05, 0.1) is 30.2 Å². The number of aromatic nitrogens is 2. The van der Waals surface area contributed by atoms with Crippen LogP contribution in [0.2, 0.25) is 5.28 Å². The summed E-state index contributed by atoms with van der Waals surface area (Å²) in [4.78, 5) is 24.7. The third-order valence-corrected chi connectivity index (χ3v) is 6.39. The molecule has 0 bridgehead atoms. The van der Waals surface area contributed by atoms with Gasteiger partial charge in [-0.25, -0.2) is 14.8 Å². The first-order chi connectivity index (χ1) is 12.9. The predicted octanol–water partition coefficient (Wildman–Crippen LogP) is 3.43. The highest BCUT2D eigenvalue weighted by Gasteiger charge is 2.50. The van der Waals surface area contributed by atoms with Crippen molar-refractivity contribution in [2.24, 2.45) is 0 Å². The van der Waals surface area contributed by atoms with Gasteiger partial charge in [0.15, 0.2) is 0 Å². The maximum atomic E-state index is 12.6. The molecule has 0 atom stereocenters. The van der Waals surface area contributed by atoms with Gasteiger partial charge in [-0.05, 0) is 56.9 Å². The smallest absolute Gasteiger partial charge is 0.322 e. The van der Waals surface area contributed by atoms with E-state index in [9.17, 15) is 4.79 Å². The van der Waals surface area contributed by atoms with Crippen LogP contribution in [-0.4, -0.2) is 47.1 Å². The first-order valence-corrected chi connectivity index (χ1v) is 9.62. The molecule has 1 aromatic heterocycles. The van der Waals surface area contributed by atoms with Crippen molar-refractivity contribution < 1.29 is 4.79 Å². The summed E-state index contributed by atoms with van der Waals surface area (Å²) in [5.41, 5.74) is 1.83. The fraction of sp³-hybridized carbons (Fsp3) is 0.450. The Labute approximate surface area is 164 Å². The predicted molar refractivity (Wildman–Crippen MR) is 106 cm³/mol. The van der Waals surface area contributed by atoms with Crippen molar-refractivity contribution in [1.29, 1.82) is 0 Å². The zero-order chi connectivity index (χ0) is 19.1. The topological polar surface area (TPSA) is 61.4 Å². The second-order valence-corrected chi connectivity index (χ2v) is 8.14. The number of halogens is 1. The van der Waals surface area contributed by atoms with Crippen molar-refractivity contribution in [2.75, 3.05) is 25.5 Å². The molecule has 4 rings (SSSR count). The normalized spacial score (nSPS) is 28.0. The molecule has 1 aromatic carbocycles. The van der Waals surface area contributed by atoms with E-state index >= 15 is 0 Å². The molecule has 1 aliphatic heterocycles. The highest BCUT2D eigenvalue weighted by Crippen LogP contribution is 2.46. The van der Waals surface area contributed by atoms with Gasteiger partial charge in [-0.3, -0.25) is 9.80 Å². The molecule has 1 spiro atoms. The molecule has 0 radical (unpaired) electrons. The van der Waals surface area contributed by atoms with Gasteiger partial charge in [0, 0.05) is 5.54 Å². The number of nitrogens with zero attached hydrogens (tertiary/aromatic N) is 4. The van der Waals surface area contributed by atoms with Crippen LogP contribution in [0.15, 0.2) is 42.7 Å². The maximum Gasteiger partial charge on any atom is 0.322 e.